The topological polar surface area (TPSA) is 54.4 Å². The first-order valence-corrected chi connectivity index (χ1v) is 6.08. The number of benzene rings is 1. The lowest BCUT2D eigenvalue weighted by molar-refractivity contribution is 0.193. The fourth-order valence-electron chi connectivity index (χ4n) is 1.10. The minimum Gasteiger partial charge on any atom is -0.392 e. The van der Waals surface area contributed by atoms with Crippen LogP contribution in [-0.4, -0.2) is 24.9 Å². The summed E-state index contributed by atoms with van der Waals surface area (Å²) >= 11 is 0. The smallest absolute Gasteiger partial charge is 0.183 e. The Morgan fingerprint density at radius 1 is 1.20 bits per heavy atom. The van der Waals surface area contributed by atoms with Crippen LogP contribution in [0.15, 0.2) is 29.2 Å². The van der Waals surface area contributed by atoms with Crippen molar-refractivity contribution in [1.29, 1.82) is 0 Å². The lowest BCUT2D eigenvalue weighted by atomic mass is 10.3. The van der Waals surface area contributed by atoms with Gasteiger partial charge in [0.2, 0.25) is 0 Å². The van der Waals surface area contributed by atoms with Crippen LogP contribution < -0.4 is 0 Å². The molecule has 0 aromatic heterocycles. The Hall–Kier alpha value is -0.940. The third kappa shape index (κ3) is 2.54. The summed E-state index contributed by atoms with van der Waals surface area (Å²) in [5, 5.41) is 8.32. The molecule has 0 saturated heterocycles. The number of hydrogen-bond donors (Lipinski definition) is 1. The first-order chi connectivity index (χ1) is 6.85. The summed E-state index contributed by atoms with van der Waals surface area (Å²) in [6.07, 6.45) is -0.958. The highest BCUT2D eigenvalue weighted by Crippen LogP contribution is 2.18. The zero-order valence-electron chi connectivity index (χ0n) is 8.51. The normalized spacial score (nSPS) is 16.0. The number of hydrogen-bond acceptors (Lipinski definition) is 3. The van der Waals surface area contributed by atoms with Gasteiger partial charge in [-0.05, 0) is 38.1 Å². The quantitative estimate of drug-likeness (QED) is 0.801. The van der Waals surface area contributed by atoms with Crippen molar-refractivity contribution >= 4 is 9.84 Å². The molecule has 0 bridgehead atoms. The van der Waals surface area contributed by atoms with Crippen LogP contribution >= 0.6 is 0 Å². The van der Waals surface area contributed by atoms with Crippen LogP contribution in [-0.2, 0) is 9.84 Å². The van der Waals surface area contributed by atoms with Crippen molar-refractivity contribution < 1.29 is 17.9 Å². The molecule has 0 fully saturated rings. The Kier molecular flexibility index (Phi) is 3.46. The zero-order chi connectivity index (χ0) is 11.6. The van der Waals surface area contributed by atoms with Crippen LogP contribution in [0.1, 0.15) is 13.8 Å². The van der Waals surface area contributed by atoms with Crippen molar-refractivity contribution in [2.75, 3.05) is 0 Å². The van der Waals surface area contributed by atoms with Gasteiger partial charge in [0.05, 0.1) is 16.2 Å². The average molecular weight is 232 g/mol. The van der Waals surface area contributed by atoms with Gasteiger partial charge < -0.3 is 5.11 Å². The molecule has 1 aromatic rings. The second kappa shape index (κ2) is 4.28. The van der Waals surface area contributed by atoms with E-state index in [1.165, 1.54) is 26.0 Å². The second-order valence-electron chi connectivity index (χ2n) is 3.44. The van der Waals surface area contributed by atoms with Crippen LogP contribution in [0.5, 0.6) is 0 Å². The first-order valence-electron chi connectivity index (χ1n) is 4.53. The molecular weight excluding hydrogens is 219 g/mol. The van der Waals surface area contributed by atoms with Crippen LogP contribution in [0.25, 0.3) is 0 Å². The largest absolute Gasteiger partial charge is 0.392 e. The minimum absolute atomic E-state index is 0.0253. The molecule has 5 heteroatoms. The Labute approximate surface area is 88.5 Å². The van der Waals surface area contributed by atoms with Crippen LogP contribution in [0.2, 0.25) is 0 Å². The molecule has 1 N–H and O–H groups in total. The Morgan fingerprint density at radius 2 is 1.67 bits per heavy atom. The SMILES string of the molecule is CC(O)C(C)S(=O)(=O)c1ccc(F)cc1. The molecule has 0 spiro atoms. The molecule has 1 aromatic carbocycles. The van der Waals surface area contributed by atoms with E-state index < -0.39 is 27.0 Å². The molecule has 0 radical (unpaired) electrons. The predicted octanol–water partition coefficient (Wildman–Crippen LogP) is 1.37. The first kappa shape index (κ1) is 12.1. The number of halogens is 1. The summed E-state index contributed by atoms with van der Waals surface area (Å²) in [7, 11) is -3.57. The van der Waals surface area contributed by atoms with E-state index >= 15 is 0 Å². The molecule has 84 valence electrons. The molecule has 0 heterocycles. The van der Waals surface area contributed by atoms with Gasteiger partial charge in [-0.2, -0.15) is 0 Å². The summed E-state index contributed by atoms with van der Waals surface area (Å²) in [5.41, 5.74) is 0. The number of sulfone groups is 1. The van der Waals surface area contributed by atoms with Gasteiger partial charge in [0.25, 0.3) is 0 Å². The summed E-state index contributed by atoms with van der Waals surface area (Å²) in [5.74, 6) is -0.487. The summed E-state index contributed by atoms with van der Waals surface area (Å²) in [4.78, 5) is 0.0253. The highest BCUT2D eigenvalue weighted by molar-refractivity contribution is 7.92. The van der Waals surface area contributed by atoms with E-state index in [1.54, 1.807) is 0 Å². The third-order valence-corrected chi connectivity index (χ3v) is 4.61. The monoisotopic (exact) mass is 232 g/mol. The third-order valence-electron chi connectivity index (χ3n) is 2.31. The molecule has 2 unspecified atom stereocenters. The van der Waals surface area contributed by atoms with E-state index in [2.05, 4.69) is 0 Å². The van der Waals surface area contributed by atoms with Gasteiger partial charge in [-0.3, -0.25) is 0 Å². The molecule has 15 heavy (non-hydrogen) atoms. The molecule has 0 aliphatic heterocycles. The maximum atomic E-state index is 12.6. The van der Waals surface area contributed by atoms with E-state index in [9.17, 15) is 17.9 Å². The van der Waals surface area contributed by atoms with Gasteiger partial charge in [0.15, 0.2) is 9.84 Å². The molecule has 0 aliphatic carbocycles. The van der Waals surface area contributed by atoms with E-state index in [1.807, 2.05) is 0 Å². The van der Waals surface area contributed by atoms with Crippen molar-refractivity contribution in [3.63, 3.8) is 0 Å². The highest BCUT2D eigenvalue weighted by atomic mass is 32.2. The molecule has 3 nitrogen and oxygen atoms in total. The van der Waals surface area contributed by atoms with Crippen molar-refractivity contribution in [2.24, 2.45) is 0 Å². The molecule has 0 amide bonds. The van der Waals surface area contributed by atoms with Crippen molar-refractivity contribution in [1.82, 2.24) is 0 Å². The van der Waals surface area contributed by atoms with E-state index in [4.69, 9.17) is 0 Å². The van der Waals surface area contributed by atoms with Crippen LogP contribution in [0, 0.1) is 5.82 Å². The molecule has 0 saturated carbocycles. The van der Waals surface area contributed by atoms with E-state index in [0.29, 0.717) is 0 Å². The highest BCUT2D eigenvalue weighted by Gasteiger charge is 2.26. The lowest BCUT2D eigenvalue weighted by Gasteiger charge is -2.15. The van der Waals surface area contributed by atoms with Crippen LogP contribution in [0.3, 0.4) is 0 Å². The number of aliphatic hydroxyl groups excluding tert-OH is 1. The maximum Gasteiger partial charge on any atom is 0.183 e. The van der Waals surface area contributed by atoms with E-state index in [-0.39, 0.29) is 4.90 Å². The fraction of sp³-hybridized carbons (Fsp3) is 0.400. The molecular formula is C10H13FO3S. The van der Waals surface area contributed by atoms with Crippen molar-refractivity contribution in [3.05, 3.63) is 30.1 Å². The summed E-state index contributed by atoms with van der Waals surface area (Å²) in [6.45, 7) is 2.83. The van der Waals surface area contributed by atoms with Gasteiger partial charge in [-0.15, -0.1) is 0 Å². The number of aliphatic hydroxyl groups is 1. The van der Waals surface area contributed by atoms with Crippen molar-refractivity contribution in [3.8, 4) is 0 Å². The second-order valence-corrected chi connectivity index (χ2v) is 5.75. The van der Waals surface area contributed by atoms with Gasteiger partial charge >= 0.3 is 0 Å². The Balaban J connectivity index is 3.12. The standard InChI is InChI=1S/C10H13FO3S/c1-7(12)8(2)15(13,14)10-5-3-9(11)4-6-10/h3-8,12H,1-2H3. The predicted molar refractivity (Wildman–Crippen MR) is 54.7 cm³/mol. The maximum absolute atomic E-state index is 12.6. The Morgan fingerprint density at radius 3 is 2.07 bits per heavy atom. The van der Waals surface area contributed by atoms with Gasteiger partial charge in [0, 0.05) is 0 Å². The fourth-order valence-corrected chi connectivity index (χ4v) is 2.56. The van der Waals surface area contributed by atoms with Gasteiger partial charge in [-0.25, -0.2) is 12.8 Å². The van der Waals surface area contributed by atoms with Gasteiger partial charge in [0.1, 0.15) is 5.82 Å². The lowest BCUT2D eigenvalue weighted by Crippen LogP contribution is -2.29. The Bertz CT molecular complexity index is 422. The zero-order valence-corrected chi connectivity index (χ0v) is 9.33. The van der Waals surface area contributed by atoms with Crippen LogP contribution in [0.4, 0.5) is 4.39 Å². The molecule has 0 aliphatic rings. The van der Waals surface area contributed by atoms with Gasteiger partial charge in [-0.1, -0.05) is 0 Å². The molecule has 2 atom stereocenters. The average Bonchev–Trinajstić information content (AvgIpc) is 2.17. The molecule has 1 rings (SSSR count). The number of rotatable bonds is 3. The van der Waals surface area contributed by atoms with Crippen molar-refractivity contribution in [2.45, 2.75) is 30.1 Å². The summed E-state index contributed by atoms with van der Waals surface area (Å²) < 4.78 is 36.2. The summed E-state index contributed by atoms with van der Waals surface area (Å²) in [6, 6.07) is 4.57. The van der Waals surface area contributed by atoms with E-state index in [0.717, 1.165) is 12.1 Å². The minimum atomic E-state index is -3.57.